The molecule has 7 rings (SSSR count). The van der Waals surface area contributed by atoms with Crippen molar-refractivity contribution in [3.8, 4) is 11.5 Å². The van der Waals surface area contributed by atoms with Crippen LogP contribution < -0.4 is 20.9 Å². The molecule has 0 saturated carbocycles. The zero-order valence-electron chi connectivity index (χ0n) is 31.5. The lowest BCUT2D eigenvalue weighted by Crippen LogP contribution is -2.39. The molecule has 0 aliphatic carbocycles. The number of hydrogen-bond acceptors (Lipinski definition) is 8. The number of allylic oxidation sites excluding steroid dienone is 12. The Morgan fingerprint density at radius 3 is 1.24 bits per heavy atom. The number of nitrogens with two attached hydrogens (primary N) is 2. The maximum absolute atomic E-state index is 6.35. The van der Waals surface area contributed by atoms with Crippen LogP contribution in [0.1, 0.15) is 52.7 Å². The molecule has 280 valence electrons. The Hall–Kier alpha value is -4.48. The van der Waals surface area contributed by atoms with Crippen molar-refractivity contribution in [2.45, 2.75) is 52.7 Å². The van der Waals surface area contributed by atoms with Crippen molar-refractivity contribution in [3.05, 3.63) is 143 Å². The summed E-state index contributed by atoms with van der Waals surface area (Å²) in [6, 6.07) is 16.3. The number of aliphatic imine (C=N–C) groups is 4. The molecule has 54 heavy (non-hydrogen) atoms. The second-order valence-corrected chi connectivity index (χ2v) is 14.8. The van der Waals surface area contributed by atoms with Crippen LogP contribution in [0.25, 0.3) is 11.1 Å². The molecule has 2 unspecified atom stereocenters. The first-order valence-electron chi connectivity index (χ1n) is 17.9. The molecule has 10 heteroatoms. The summed E-state index contributed by atoms with van der Waals surface area (Å²) in [6.07, 6.45) is 20.3. The van der Waals surface area contributed by atoms with Crippen LogP contribution in [0.3, 0.4) is 0 Å². The van der Waals surface area contributed by atoms with E-state index in [4.69, 9.17) is 40.9 Å². The summed E-state index contributed by atoms with van der Waals surface area (Å²) < 4.78 is 12.7. The second kappa shape index (κ2) is 16.5. The third-order valence-electron chi connectivity index (χ3n) is 10.4. The van der Waals surface area contributed by atoms with Crippen molar-refractivity contribution in [2.24, 2.45) is 43.3 Å². The highest BCUT2D eigenvalue weighted by Gasteiger charge is 2.29. The van der Waals surface area contributed by atoms with E-state index in [1.807, 2.05) is 85.0 Å². The summed E-state index contributed by atoms with van der Waals surface area (Å²) in [5.41, 5.74) is 21.5. The van der Waals surface area contributed by atoms with E-state index in [0.717, 1.165) is 79.4 Å². The molecule has 4 N–H and O–H groups in total. The van der Waals surface area contributed by atoms with Gasteiger partial charge >= 0.3 is 0 Å². The lowest BCUT2D eigenvalue weighted by atomic mass is 9.92. The van der Waals surface area contributed by atoms with Gasteiger partial charge in [0.25, 0.3) is 0 Å². The minimum Gasteiger partial charge on any atom is -0.488 e. The van der Waals surface area contributed by atoms with Crippen molar-refractivity contribution in [2.75, 3.05) is 13.1 Å². The molecule has 5 aliphatic heterocycles. The van der Waals surface area contributed by atoms with Gasteiger partial charge in [-0.2, -0.15) is 0 Å². The largest absolute Gasteiger partial charge is 0.488 e. The molecule has 5 heterocycles. The zero-order chi connectivity index (χ0) is 36.6. The number of hydrogen-bond donors (Lipinski definition) is 2. The molecular weight excluding hydrogens is 804 g/mol. The topological polar surface area (TPSA) is 120 Å². The Labute approximate surface area is 339 Å². The Morgan fingerprint density at radius 1 is 0.519 bits per heavy atom. The summed E-state index contributed by atoms with van der Waals surface area (Å²) in [7, 11) is 0. The number of halogens is 2. The van der Waals surface area contributed by atoms with E-state index in [1.54, 1.807) is 0 Å². The summed E-state index contributed by atoms with van der Waals surface area (Å²) in [6.45, 7) is 13.6. The quantitative estimate of drug-likeness (QED) is 0.248. The lowest BCUT2D eigenvalue weighted by molar-refractivity contribution is 0.0553. The summed E-state index contributed by atoms with van der Waals surface area (Å²) in [4.78, 5) is 20.2. The minimum absolute atomic E-state index is 0. The van der Waals surface area contributed by atoms with E-state index in [9.17, 15) is 0 Å². The SMILES string of the molecule is Br.Br.CC(CN)C(C)(C)Oc1ccc(C2=C3C=CC(=N3)C=C3C=CC(=N3)C(c3ccc(OC(C)(C)C(C)CN)cc3)=C3C=CC(=N3)C=C3C=CC2=N3)cc1. The first-order chi connectivity index (χ1) is 24.9. The van der Waals surface area contributed by atoms with Crippen LogP contribution >= 0.6 is 34.0 Å². The molecule has 0 aromatic heterocycles. The first-order valence-corrected chi connectivity index (χ1v) is 17.9. The van der Waals surface area contributed by atoms with Crippen LogP contribution in [-0.4, -0.2) is 47.1 Å². The van der Waals surface area contributed by atoms with E-state index in [2.05, 4.69) is 65.8 Å². The van der Waals surface area contributed by atoms with Gasteiger partial charge in [-0.1, -0.05) is 38.1 Å². The second-order valence-electron chi connectivity index (χ2n) is 14.8. The van der Waals surface area contributed by atoms with Crippen LogP contribution in [-0.2, 0) is 0 Å². The van der Waals surface area contributed by atoms with Gasteiger partial charge in [0.15, 0.2) is 0 Å². The summed E-state index contributed by atoms with van der Waals surface area (Å²) in [5.74, 6) is 1.97. The Kier molecular flexibility index (Phi) is 12.4. The van der Waals surface area contributed by atoms with Gasteiger partial charge in [-0.25, -0.2) is 20.0 Å². The summed E-state index contributed by atoms with van der Waals surface area (Å²) >= 11 is 0. The Balaban J connectivity index is 0.00000280. The van der Waals surface area contributed by atoms with E-state index in [0.29, 0.717) is 13.1 Å². The fourth-order valence-corrected chi connectivity index (χ4v) is 6.30. The van der Waals surface area contributed by atoms with Crippen LogP contribution in [0.15, 0.2) is 152 Å². The number of rotatable bonds is 10. The predicted molar refractivity (Wildman–Crippen MR) is 236 cm³/mol. The molecular formula is C44H48Br2N6O2. The highest BCUT2D eigenvalue weighted by Crippen LogP contribution is 2.35. The molecule has 0 saturated heterocycles. The van der Waals surface area contributed by atoms with Gasteiger partial charge < -0.3 is 20.9 Å². The van der Waals surface area contributed by atoms with E-state index in [1.165, 1.54) is 0 Å². The predicted octanol–water partition coefficient (Wildman–Crippen LogP) is 9.29. The normalized spacial score (nSPS) is 18.3. The Bertz CT molecular complexity index is 2020. The maximum Gasteiger partial charge on any atom is 0.120 e. The van der Waals surface area contributed by atoms with E-state index < -0.39 is 11.2 Å². The van der Waals surface area contributed by atoms with Crippen molar-refractivity contribution in [3.63, 3.8) is 0 Å². The number of ether oxygens (including phenoxy) is 2. The third-order valence-corrected chi connectivity index (χ3v) is 10.4. The molecule has 2 atom stereocenters. The van der Waals surface area contributed by atoms with E-state index >= 15 is 0 Å². The molecule has 2 aromatic carbocycles. The standard InChI is InChI=1S/C44H46N6O2.2BrH/c1-27(25-45)43(3,4)51-35-15-7-29(8-16-35)41-37-19-11-31(47-37)23-33-13-21-39(49-33)42(40-22-14-34(50-40)24-32-12-20-38(41)48-32)30-9-17-36(18-10-30)52-44(5,6)28(2)26-46;;/h7-24,27-28H,25-26,45-46H2,1-6H3;2*1H. The first kappa shape index (κ1) is 40.7. The highest BCUT2D eigenvalue weighted by molar-refractivity contribution is 8.93. The van der Waals surface area contributed by atoms with Crippen molar-refractivity contribution < 1.29 is 9.47 Å². The third kappa shape index (κ3) is 8.57. The van der Waals surface area contributed by atoms with Crippen LogP contribution in [0.2, 0.25) is 0 Å². The van der Waals surface area contributed by atoms with Gasteiger partial charge in [0.1, 0.15) is 22.7 Å². The van der Waals surface area contributed by atoms with Crippen molar-refractivity contribution in [1.29, 1.82) is 0 Å². The zero-order valence-corrected chi connectivity index (χ0v) is 35.0. The number of benzene rings is 2. The average molecular weight is 853 g/mol. The minimum atomic E-state index is -0.399. The van der Waals surface area contributed by atoms with Gasteiger partial charge in [-0.3, -0.25) is 0 Å². The average Bonchev–Trinajstić information content (AvgIpc) is 3.96. The molecule has 8 nitrogen and oxygen atoms in total. The van der Waals surface area contributed by atoms with Gasteiger partial charge in [0.2, 0.25) is 0 Å². The molecule has 5 aliphatic rings. The van der Waals surface area contributed by atoms with Gasteiger partial charge in [0, 0.05) is 23.0 Å². The molecule has 8 bridgehead atoms. The molecule has 0 amide bonds. The fourth-order valence-electron chi connectivity index (χ4n) is 6.30. The lowest BCUT2D eigenvalue weighted by Gasteiger charge is -2.32. The van der Waals surface area contributed by atoms with Crippen LogP contribution in [0, 0.1) is 11.8 Å². The summed E-state index contributed by atoms with van der Waals surface area (Å²) in [5, 5.41) is 0. The maximum atomic E-state index is 6.35. The molecule has 2 aromatic rings. The molecule has 0 spiro atoms. The fraction of sp³-hybridized carbons (Fsp3) is 0.273. The van der Waals surface area contributed by atoms with Crippen molar-refractivity contribution in [1.82, 2.24) is 0 Å². The van der Waals surface area contributed by atoms with Gasteiger partial charge in [-0.15, -0.1) is 34.0 Å². The molecule has 0 fully saturated rings. The van der Waals surface area contributed by atoms with Gasteiger partial charge in [0.05, 0.1) is 45.6 Å². The van der Waals surface area contributed by atoms with Crippen molar-refractivity contribution >= 4 is 68.0 Å². The highest BCUT2D eigenvalue weighted by atomic mass is 79.9. The number of fused-ring (bicyclic) bond motifs is 4. The van der Waals surface area contributed by atoms with Gasteiger partial charge in [-0.05, 0) is 137 Å². The Morgan fingerprint density at radius 2 is 0.889 bits per heavy atom. The van der Waals surface area contributed by atoms with E-state index in [-0.39, 0.29) is 45.8 Å². The van der Waals surface area contributed by atoms with Crippen LogP contribution in [0.4, 0.5) is 0 Å². The van der Waals surface area contributed by atoms with Crippen LogP contribution in [0.5, 0.6) is 11.5 Å². The number of nitrogens with zero attached hydrogens (tertiary/aromatic N) is 4. The smallest absolute Gasteiger partial charge is 0.120 e. The molecule has 0 radical (unpaired) electrons. The monoisotopic (exact) mass is 850 g/mol.